The molecule has 8 nitrogen and oxygen atoms in total. The summed E-state index contributed by atoms with van der Waals surface area (Å²) in [5.74, 6) is -3.31. The molecule has 0 aromatic heterocycles. The van der Waals surface area contributed by atoms with Crippen LogP contribution >= 0.6 is 0 Å². The highest BCUT2D eigenvalue weighted by Gasteiger charge is 2.68. The number of aromatic hydroxyl groups is 1. The van der Waals surface area contributed by atoms with Crippen molar-refractivity contribution < 1.29 is 29.0 Å². The lowest BCUT2D eigenvalue weighted by atomic mass is 9.51. The third-order valence-corrected chi connectivity index (χ3v) is 10.8. The van der Waals surface area contributed by atoms with Gasteiger partial charge in [-0.2, -0.15) is 0 Å². The first-order chi connectivity index (χ1) is 22.2. The summed E-state index contributed by atoms with van der Waals surface area (Å²) in [4.78, 5) is 59.6. The first-order valence-electron chi connectivity index (χ1n) is 15.6. The van der Waals surface area contributed by atoms with Crippen molar-refractivity contribution in [3.63, 3.8) is 0 Å². The molecule has 0 unspecified atom stereocenters. The van der Waals surface area contributed by atoms with Gasteiger partial charge in [0.15, 0.2) is 0 Å². The number of phenols is 1. The second kappa shape index (κ2) is 10.1. The fraction of sp³-hybridized carbons (Fsp3) is 0.263. The van der Waals surface area contributed by atoms with Gasteiger partial charge in [0.2, 0.25) is 23.6 Å². The number of amides is 4. The first-order valence-corrected chi connectivity index (χ1v) is 15.6. The van der Waals surface area contributed by atoms with Gasteiger partial charge in [0.25, 0.3) is 0 Å². The number of rotatable bonds is 4. The van der Waals surface area contributed by atoms with Crippen LogP contribution in [-0.4, -0.2) is 28.7 Å². The molecule has 6 atom stereocenters. The molecule has 4 amide bonds. The minimum absolute atomic E-state index is 0.104. The van der Waals surface area contributed by atoms with E-state index in [-0.39, 0.29) is 35.8 Å². The monoisotopic (exact) mass is 612 g/mol. The summed E-state index contributed by atoms with van der Waals surface area (Å²) < 4.78 is 6.06. The molecule has 3 aromatic rings. The highest BCUT2D eigenvalue weighted by atomic mass is 16.5. The van der Waals surface area contributed by atoms with Crippen LogP contribution in [0.3, 0.4) is 0 Å². The van der Waals surface area contributed by atoms with E-state index < -0.39 is 35.0 Å². The first kappa shape index (κ1) is 28.2. The van der Waals surface area contributed by atoms with Crippen LogP contribution < -0.4 is 14.5 Å². The van der Waals surface area contributed by atoms with Crippen molar-refractivity contribution in [3.8, 4) is 11.5 Å². The van der Waals surface area contributed by atoms with Gasteiger partial charge in [-0.05, 0) is 79.3 Å². The third kappa shape index (κ3) is 3.85. The second-order valence-electron chi connectivity index (χ2n) is 13.1. The molecule has 2 saturated heterocycles. The maximum Gasteiger partial charge on any atom is 0.241 e. The number of carbonyl (C=O) groups excluding carboxylic acids is 4. The average Bonchev–Trinajstić information content (AvgIpc) is 3.44. The van der Waals surface area contributed by atoms with Crippen LogP contribution in [0.5, 0.6) is 11.5 Å². The van der Waals surface area contributed by atoms with Gasteiger partial charge in [-0.3, -0.25) is 24.1 Å². The lowest BCUT2D eigenvalue weighted by Crippen LogP contribution is -2.51. The molecular weight excluding hydrogens is 580 g/mol. The summed E-state index contributed by atoms with van der Waals surface area (Å²) in [6.45, 7) is 5.65. The quantitative estimate of drug-likeness (QED) is 0.294. The Kier molecular flexibility index (Phi) is 6.23. The van der Waals surface area contributed by atoms with Gasteiger partial charge in [-0.1, -0.05) is 54.6 Å². The lowest BCUT2D eigenvalue weighted by molar-refractivity contribution is -0.132. The van der Waals surface area contributed by atoms with Crippen molar-refractivity contribution in [2.75, 3.05) is 9.80 Å². The molecule has 0 bridgehead atoms. The zero-order chi connectivity index (χ0) is 31.9. The molecule has 3 aliphatic heterocycles. The van der Waals surface area contributed by atoms with E-state index in [1.807, 2.05) is 31.2 Å². The fourth-order valence-corrected chi connectivity index (χ4v) is 8.68. The Labute approximate surface area is 266 Å². The summed E-state index contributed by atoms with van der Waals surface area (Å²) >= 11 is 0. The molecular formula is C38H32N2O6. The van der Waals surface area contributed by atoms with E-state index in [0.717, 1.165) is 22.3 Å². The van der Waals surface area contributed by atoms with Crippen molar-refractivity contribution >= 4 is 41.1 Å². The Morgan fingerprint density at radius 3 is 2.37 bits per heavy atom. The second-order valence-corrected chi connectivity index (χ2v) is 13.1. The van der Waals surface area contributed by atoms with Crippen LogP contribution in [0.1, 0.15) is 30.9 Å². The number of fused-ring (bicyclic) bond motifs is 5. The van der Waals surface area contributed by atoms with Crippen molar-refractivity contribution in [1.29, 1.82) is 0 Å². The zero-order valence-corrected chi connectivity index (χ0v) is 25.3. The van der Waals surface area contributed by atoms with Crippen LogP contribution in [0.25, 0.3) is 6.08 Å². The maximum absolute atomic E-state index is 14.6. The van der Waals surface area contributed by atoms with Gasteiger partial charge < -0.3 is 9.84 Å². The van der Waals surface area contributed by atoms with Gasteiger partial charge in [0, 0.05) is 17.9 Å². The molecule has 46 heavy (non-hydrogen) atoms. The number of benzene rings is 3. The van der Waals surface area contributed by atoms with E-state index in [0.29, 0.717) is 30.0 Å². The van der Waals surface area contributed by atoms with Crippen molar-refractivity contribution in [1.82, 2.24) is 0 Å². The molecule has 1 saturated carbocycles. The highest BCUT2D eigenvalue weighted by Crippen LogP contribution is 2.63. The standard InChI is InChI=1S/C38H32N2O6/c1-3-21-9-11-25(12-10-21)39-34(42)28-15-14-27-29(32(28)36(39)44)19-30-35(43)40(24-7-5-4-6-8-24)37(45)38(30,2)33(27)23-17-22-18-26(41)13-16-31(22)46-20-23/h3-14,16,18,20,28-30,32-33,41H,1,15,17,19H2,2H3/t28-,29+,30-,32-,33-,38+/m0/s1. The van der Waals surface area contributed by atoms with Crippen LogP contribution in [0.15, 0.2) is 103 Å². The molecule has 230 valence electrons. The van der Waals surface area contributed by atoms with Crippen LogP contribution in [0.4, 0.5) is 11.4 Å². The molecule has 1 N–H and O–H groups in total. The Morgan fingerprint density at radius 1 is 0.891 bits per heavy atom. The minimum atomic E-state index is -1.16. The van der Waals surface area contributed by atoms with E-state index in [9.17, 15) is 24.3 Å². The van der Waals surface area contributed by atoms with Crippen LogP contribution in [0.2, 0.25) is 0 Å². The zero-order valence-electron chi connectivity index (χ0n) is 25.3. The van der Waals surface area contributed by atoms with Crippen molar-refractivity contribution in [2.45, 2.75) is 26.2 Å². The van der Waals surface area contributed by atoms with Crippen LogP contribution in [0, 0.1) is 35.0 Å². The third-order valence-electron chi connectivity index (χ3n) is 10.8. The Bertz CT molecular complexity index is 1910. The topological polar surface area (TPSA) is 104 Å². The number of anilines is 2. The van der Waals surface area contributed by atoms with E-state index in [4.69, 9.17) is 4.74 Å². The molecule has 5 aliphatic rings. The summed E-state index contributed by atoms with van der Waals surface area (Å²) in [6.07, 6.45) is 6.44. The molecule has 8 heteroatoms. The molecule has 3 fully saturated rings. The number of hydrogen-bond acceptors (Lipinski definition) is 6. The summed E-state index contributed by atoms with van der Waals surface area (Å²) in [5.41, 5.74) is 3.21. The Balaban J connectivity index is 1.24. The van der Waals surface area contributed by atoms with Crippen molar-refractivity contribution in [3.05, 3.63) is 114 Å². The summed E-state index contributed by atoms with van der Waals surface area (Å²) in [7, 11) is 0. The predicted octanol–water partition coefficient (Wildman–Crippen LogP) is 5.82. The van der Waals surface area contributed by atoms with E-state index in [1.165, 1.54) is 9.80 Å². The lowest BCUT2D eigenvalue weighted by Gasteiger charge is -2.49. The number of para-hydroxylation sites is 1. The molecule has 8 rings (SSSR count). The fourth-order valence-electron chi connectivity index (χ4n) is 8.68. The number of ether oxygens (including phenoxy) is 1. The number of allylic oxidation sites excluding steroid dienone is 3. The normalized spacial score (nSPS) is 29.7. The number of nitrogens with zero attached hydrogens (tertiary/aromatic N) is 2. The van der Waals surface area contributed by atoms with Gasteiger partial charge in [-0.25, -0.2) is 4.90 Å². The SMILES string of the molecule is C=Cc1ccc(N2C(=O)[C@H]3[C@H](CC=C4[C@H](C5=COc6ccc(O)cc6C5)[C@]5(C)C(=O)N(c6ccccc6)C(=O)[C@@H]5C[C@H]43)C2=O)cc1. The Hall–Kier alpha value is -5.24. The number of phenolic OH excluding ortho intramolecular Hbond substituents is 1. The Morgan fingerprint density at radius 2 is 1.63 bits per heavy atom. The van der Waals surface area contributed by atoms with Crippen LogP contribution in [-0.2, 0) is 25.6 Å². The molecule has 0 spiro atoms. The van der Waals surface area contributed by atoms with Gasteiger partial charge in [-0.15, -0.1) is 0 Å². The van der Waals surface area contributed by atoms with Gasteiger partial charge >= 0.3 is 0 Å². The van der Waals surface area contributed by atoms with E-state index in [1.54, 1.807) is 66.9 Å². The minimum Gasteiger partial charge on any atom is -0.508 e. The summed E-state index contributed by atoms with van der Waals surface area (Å²) in [6, 6.07) is 21.0. The average molecular weight is 613 g/mol. The maximum atomic E-state index is 14.6. The number of hydrogen-bond donors (Lipinski definition) is 1. The van der Waals surface area contributed by atoms with Gasteiger partial charge in [0.05, 0.1) is 40.8 Å². The van der Waals surface area contributed by atoms with Crippen molar-refractivity contribution in [2.24, 2.45) is 35.0 Å². The summed E-state index contributed by atoms with van der Waals surface area (Å²) in [5, 5.41) is 10.2. The van der Waals surface area contributed by atoms with Gasteiger partial charge in [0.1, 0.15) is 11.5 Å². The number of carbonyl (C=O) groups is 4. The molecule has 3 heterocycles. The highest BCUT2D eigenvalue weighted by molar-refractivity contribution is 6.25. The molecule has 3 aromatic carbocycles. The smallest absolute Gasteiger partial charge is 0.241 e. The van der Waals surface area contributed by atoms with E-state index in [2.05, 4.69) is 6.58 Å². The molecule has 2 aliphatic carbocycles. The van der Waals surface area contributed by atoms with E-state index >= 15 is 0 Å². The molecule has 0 radical (unpaired) electrons. The largest absolute Gasteiger partial charge is 0.508 e. The number of imide groups is 2. The predicted molar refractivity (Wildman–Crippen MR) is 171 cm³/mol.